The minimum atomic E-state index is -0.119. The van der Waals surface area contributed by atoms with E-state index in [-0.39, 0.29) is 11.6 Å². The van der Waals surface area contributed by atoms with Gasteiger partial charge in [0.1, 0.15) is 0 Å². The van der Waals surface area contributed by atoms with Crippen LogP contribution in [-0.4, -0.2) is 50.3 Å². The van der Waals surface area contributed by atoms with Gasteiger partial charge in [0.05, 0.1) is 0 Å². The Labute approximate surface area is 126 Å². The molecular weight excluding hydrogens is 266 g/mol. The largest absolute Gasteiger partial charge is 0.381 e. The van der Waals surface area contributed by atoms with Crippen molar-refractivity contribution in [1.29, 1.82) is 0 Å². The van der Waals surface area contributed by atoms with Gasteiger partial charge >= 0.3 is 6.03 Å². The Kier molecular flexibility index (Phi) is 5.59. The fourth-order valence-corrected chi connectivity index (χ4v) is 2.62. The van der Waals surface area contributed by atoms with Crippen molar-refractivity contribution in [2.45, 2.75) is 24.9 Å². The fraction of sp³-hybridized carbons (Fsp3) is 0.562. The summed E-state index contributed by atoms with van der Waals surface area (Å²) in [5.41, 5.74) is 1.10. The van der Waals surface area contributed by atoms with E-state index < -0.39 is 0 Å². The number of benzene rings is 1. The lowest BCUT2D eigenvalue weighted by atomic mass is 9.88. The highest BCUT2D eigenvalue weighted by molar-refractivity contribution is 5.73. The Bertz CT molecular complexity index is 442. The second-order valence-electron chi connectivity index (χ2n) is 5.75. The van der Waals surface area contributed by atoms with Gasteiger partial charge in [0, 0.05) is 31.8 Å². The van der Waals surface area contributed by atoms with E-state index in [1.54, 1.807) is 0 Å². The van der Waals surface area contributed by atoms with Crippen LogP contribution in [0.15, 0.2) is 30.3 Å². The fourth-order valence-electron chi connectivity index (χ4n) is 2.62. The molecule has 1 heterocycles. The van der Waals surface area contributed by atoms with E-state index >= 15 is 0 Å². The summed E-state index contributed by atoms with van der Waals surface area (Å²) in [4.78, 5) is 14.2. The molecule has 2 N–H and O–H groups in total. The summed E-state index contributed by atoms with van der Waals surface area (Å²) in [5, 5.41) is 5.89. The summed E-state index contributed by atoms with van der Waals surface area (Å²) in [6, 6.07) is 9.79. The first-order valence-corrected chi connectivity index (χ1v) is 7.43. The number of amides is 2. The van der Waals surface area contributed by atoms with E-state index in [0.717, 1.165) is 31.6 Å². The number of hydrogen-bond acceptors (Lipinski definition) is 3. The number of ether oxygens (including phenoxy) is 1. The molecule has 5 nitrogen and oxygen atoms in total. The van der Waals surface area contributed by atoms with Gasteiger partial charge < -0.3 is 20.3 Å². The van der Waals surface area contributed by atoms with Gasteiger partial charge in [-0.1, -0.05) is 30.3 Å². The van der Waals surface area contributed by atoms with Crippen LogP contribution in [0.4, 0.5) is 4.79 Å². The standard InChI is InChI=1S/C16H25N3O2/c1-19(2)16(8-10-21-11-9-16)13-18-15(20)17-12-14-6-4-3-5-7-14/h3-7H,8-13H2,1-2H3,(H2,17,18,20). The highest BCUT2D eigenvalue weighted by Gasteiger charge is 2.34. The van der Waals surface area contributed by atoms with E-state index in [1.165, 1.54) is 0 Å². The molecule has 1 fully saturated rings. The maximum Gasteiger partial charge on any atom is 0.315 e. The highest BCUT2D eigenvalue weighted by Crippen LogP contribution is 2.24. The van der Waals surface area contributed by atoms with E-state index in [1.807, 2.05) is 30.3 Å². The van der Waals surface area contributed by atoms with Gasteiger partial charge in [0.25, 0.3) is 0 Å². The average molecular weight is 291 g/mol. The molecule has 5 heteroatoms. The first kappa shape index (κ1) is 15.8. The molecule has 1 aromatic rings. The van der Waals surface area contributed by atoms with Crippen molar-refractivity contribution >= 4 is 6.03 Å². The Morgan fingerprint density at radius 1 is 1.19 bits per heavy atom. The van der Waals surface area contributed by atoms with Crippen molar-refractivity contribution in [3.63, 3.8) is 0 Å². The number of nitrogens with zero attached hydrogens (tertiary/aromatic N) is 1. The lowest BCUT2D eigenvalue weighted by Gasteiger charge is -2.42. The Balaban J connectivity index is 1.79. The molecule has 1 aliphatic rings. The molecule has 0 unspecified atom stereocenters. The molecule has 2 amide bonds. The number of rotatable bonds is 5. The minimum Gasteiger partial charge on any atom is -0.381 e. The lowest BCUT2D eigenvalue weighted by Crippen LogP contribution is -2.56. The SMILES string of the molecule is CN(C)C1(CNC(=O)NCc2ccccc2)CCOCC1. The second-order valence-corrected chi connectivity index (χ2v) is 5.75. The predicted molar refractivity (Wildman–Crippen MR) is 83.2 cm³/mol. The maximum absolute atomic E-state index is 12.0. The molecule has 0 saturated carbocycles. The molecule has 1 aromatic carbocycles. The first-order valence-electron chi connectivity index (χ1n) is 7.43. The zero-order valence-corrected chi connectivity index (χ0v) is 12.9. The lowest BCUT2D eigenvalue weighted by molar-refractivity contribution is -0.00571. The summed E-state index contributed by atoms with van der Waals surface area (Å²) in [6.45, 7) is 2.70. The predicted octanol–water partition coefficient (Wildman–Crippen LogP) is 1.60. The average Bonchev–Trinajstić information content (AvgIpc) is 2.52. The number of carbonyl (C=O) groups is 1. The van der Waals surface area contributed by atoms with Crippen molar-refractivity contribution in [3.8, 4) is 0 Å². The van der Waals surface area contributed by atoms with Gasteiger partial charge in [-0.15, -0.1) is 0 Å². The summed E-state index contributed by atoms with van der Waals surface area (Å²) >= 11 is 0. The monoisotopic (exact) mass is 291 g/mol. The topological polar surface area (TPSA) is 53.6 Å². The summed E-state index contributed by atoms with van der Waals surface area (Å²) in [7, 11) is 4.13. The molecule has 0 radical (unpaired) electrons. The molecule has 21 heavy (non-hydrogen) atoms. The van der Waals surface area contributed by atoms with Gasteiger partial charge in [0.2, 0.25) is 0 Å². The molecule has 0 bridgehead atoms. The van der Waals surface area contributed by atoms with Gasteiger partial charge in [-0.2, -0.15) is 0 Å². The molecule has 0 atom stereocenters. The van der Waals surface area contributed by atoms with Crippen molar-refractivity contribution in [2.24, 2.45) is 0 Å². The van der Waals surface area contributed by atoms with Crippen LogP contribution in [0.1, 0.15) is 18.4 Å². The van der Waals surface area contributed by atoms with Gasteiger partial charge in [-0.3, -0.25) is 0 Å². The third-order valence-electron chi connectivity index (χ3n) is 4.25. The van der Waals surface area contributed by atoms with Crippen LogP contribution >= 0.6 is 0 Å². The van der Waals surface area contributed by atoms with E-state index in [0.29, 0.717) is 13.1 Å². The number of carbonyl (C=O) groups excluding carboxylic acids is 1. The molecular formula is C16H25N3O2. The maximum atomic E-state index is 12.0. The van der Waals surface area contributed by atoms with Crippen molar-refractivity contribution < 1.29 is 9.53 Å². The Morgan fingerprint density at radius 2 is 1.86 bits per heavy atom. The third kappa shape index (κ3) is 4.44. The van der Waals surface area contributed by atoms with Crippen molar-refractivity contribution in [3.05, 3.63) is 35.9 Å². The van der Waals surface area contributed by atoms with Crippen LogP contribution in [0.25, 0.3) is 0 Å². The van der Waals surface area contributed by atoms with E-state index in [2.05, 4.69) is 29.6 Å². The summed E-state index contributed by atoms with van der Waals surface area (Å²) in [6.07, 6.45) is 1.89. The van der Waals surface area contributed by atoms with Crippen LogP contribution in [0, 0.1) is 0 Å². The van der Waals surface area contributed by atoms with Crippen LogP contribution in [0.3, 0.4) is 0 Å². The molecule has 0 aliphatic carbocycles. The van der Waals surface area contributed by atoms with Crippen LogP contribution < -0.4 is 10.6 Å². The number of nitrogens with one attached hydrogen (secondary N) is 2. The van der Waals surface area contributed by atoms with Crippen LogP contribution in [-0.2, 0) is 11.3 Å². The molecule has 1 saturated heterocycles. The number of urea groups is 1. The Morgan fingerprint density at radius 3 is 2.48 bits per heavy atom. The van der Waals surface area contributed by atoms with Gasteiger partial charge in [0.15, 0.2) is 0 Å². The van der Waals surface area contributed by atoms with E-state index in [9.17, 15) is 4.79 Å². The molecule has 0 aromatic heterocycles. The van der Waals surface area contributed by atoms with E-state index in [4.69, 9.17) is 4.74 Å². The molecule has 2 rings (SSSR count). The second kappa shape index (κ2) is 7.43. The molecule has 1 aliphatic heterocycles. The smallest absolute Gasteiger partial charge is 0.315 e. The van der Waals surface area contributed by atoms with Crippen LogP contribution in [0.5, 0.6) is 0 Å². The Hall–Kier alpha value is -1.59. The highest BCUT2D eigenvalue weighted by atomic mass is 16.5. The van der Waals surface area contributed by atoms with Gasteiger partial charge in [-0.05, 0) is 32.5 Å². The molecule has 116 valence electrons. The number of hydrogen-bond donors (Lipinski definition) is 2. The van der Waals surface area contributed by atoms with Crippen LogP contribution in [0.2, 0.25) is 0 Å². The third-order valence-corrected chi connectivity index (χ3v) is 4.25. The summed E-state index contributed by atoms with van der Waals surface area (Å²) < 4.78 is 5.43. The first-order chi connectivity index (χ1) is 10.1. The van der Waals surface area contributed by atoms with Crippen molar-refractivity contribution in [2.75, 3.05) is 33.9 Å². The van der Waals surface area contributed by atoms with Gasteiger partial charge in [-0.25, -0.2) is 4.79 Å². The quantitative estimate of drug-likeness (QED) is 0.866. The normalized spacial score (nSPS) is 17.5. The summed E-state index contributed by atoms with van der Waals surface area (Å²) in [5.74, 6) is 0. The zero-order valence-electron chi connectivity index (χ0n) is 12.9. The van der Waals surface area contributed by atoms with Crippen molar-refractivity contribution in [1.82, 2.24) is 15.5 Å². The minimum absolute atomic E-state index is 0.00232. The molecule has 0 spiro atoms. The zero-order chi connectivity index (χ0) is 15.1. The number of likely N-dealkylation sites (N-methyl/N-ethyl adjacent to an activating group) is 1.